The van der Waals surface area contributed by atoms with E-state index in [9.17, 15) is 8.42 Å². The van der Waals surface area contributed by atoms with E-state index >= 15 is 0 Å². The van der Waals surface area contributed by atoms with E-state index in [2.05, 4.69) is 30.7 Å². The van der Waals surface area contributed by atoms with Crippen molar-refractivity contribution in [3.8, 4) is 5.75 Å². The topological polar surface area (TPSA) is 78.9 Å². The molecule has 0 N–H and O–H groups in total. The van der Waals surface area contributed by atoms with Gasteiger partial charge < -0.3 is 14.5 Å². The summed E-state index contributed by atoms with van der Waals surface area (Å²) in [6, 6.07) is 7.34. The first-order chi connectivity index (χ1) is 14.4. The van der Waals surface area contributed by atoms with E-state index in [1.54, 1.807) is 12.1 Å². The van der Waals surface area contributed by atoms with Crippen LogP contribution in [0.25, 0.3) is 0 Å². The van der Waals surface area contributed by atoms with Gasteiger partial charge >= 0.3 is 0 Å². The van der Waals surface area contributed by atoms with Gasteiger partial charge in [-0.25, -0.2) is 13.4 Å². The molecule has 0 radical (unpaired) electrons. The number of aryl methyl sites for hydroxylation is 1. The zero-order valence-electron chi connectivity index (χ0n) is 19.5. The highest BCUT2D eigenvalue weighted by Crippen LogP contribution is 2.33. The summed E-state index contributed by atoms with van der Waals surface area (Å²) in [7, 11) is 1.69. The lowest BCUT2D eigenvalue weighted by Crippen LogP contribution is -2.49. The quantitative estimate of drug-likeness (QED) is 0.697. The van der Waals surface area contributed by atoms with E-state index in [0.29, 0.717) is 37.9 Å². The van der Waals surface area contributed by atoms with Crippen LogP contribution in [0.5, 0.6) is 5.75 Å². The van der Waals surface area contributed by atoms with Crippen molar-refractivity contribution in [1.82, 2.24) is 14.3 Å². The fourth-order valence-electron chi connectivity index (χ4n) is 3.52. The maximum Gasteiger partial charge on any atom is 0.246 e. The van der Waals surface area contributed by atoms with Crippen molar-refractivity contribution in [1.29, 1.82) is 0 Å². The van der Waals surface area contributed by atoms with Crippen LogP contribution in [-0.2, 0) is 15.4 Å². The fourth-order valence-corrected chi connectivity index (χ4v) is 5.12. The first-order valence-electron chi connectivity index (χ1n) is 10.4. The minimum absolute atomic E-state index is 0.165. The molecule has 3 rings (SSSR count). The summed E-state index contributed by atoms with van der Waals surface area (Å²) in [5.41, 5.74) is 1.67. The van der Waals surface area contributed by atoms with Crippen LogP contribution in [0.1, 0.15) is 32.0 Å². The van der Waals surface area contributed by atoms with Crippen molar-refractivity contribution in [2.24, 2.45) is 0 Å². The van der Waals surface area contributed by atoms with Crippen LogP contribution in [0, 0.1) is 6.92 Å². The lowest BCUT2D eigenvalue weighted by atomic mass is 9.87. The molecule has 31 heavy (non-hydrogen) atoms. The van der Waals surface area contributed by atoms with E-state index in [-0.39, 0.29) is 10.3 Å². The molecule has 1 aliphatic rings. The van der Waals surface area contributed by atoms with E-state index in [1.165, 1.54) is 11.4 Å². The molecule has 9 heteroatoms. The monoisotopic (exact) mass is 447 g/mol. The van der Waals surface area contributed by atoms with Gasteiger partial charge in [-0.05, 0) is 30.0 Å². The zero-order chi connectivity index (χ0) is 23.0. The second kappa shape index (κ2) is 8.63. The van der Waals surface area contributed by atoms with Gasteiger partial charge in [0, 0.05) is 52.0 Å². The molecular weight excluding hydrogens is 414 g/mol. The Morgan fingerprint density at radius 1 is 1.03 bits per heavy atom. The first-order valence-corrected chi connectivity index (χ1v) is 11.8. The molecule has 0 saturated carbocycles. The number of nitrogens with zero attached hydrogens (tertiary/aromatic N) is 5. The van der Waals surface area contributed by atoms with Crippen molar-refractivity contribution in [3.63, 3.8) is 0 Å². The molecule has 0 aliphatic carbocycles. The number of sulfonamides is 1. The molecule has 0 spiro atoms. The van der Waals surface area contributed by atoms with Crippen molar-refractivity contribution in [2.45, 2.75) is 38.0 Å². The van der Waals surface area contributed by atoms with Gasteiger partial charge in [0.1, 0.15) is 16.5 Å². The van der Waals surface area contributed by atoms with Crippen LogP contribution >= 0.6 is 0 Å². The number of benzene rings is 1. The molecule has 1 aromatic carbocycles. The predicted molar refractivity (Wildman–Crippen MR) is 124 cm³/mol. The molecule has 1 fully saturated rings. The van der Waals surface area contributed by atoms with Crippen LogP contribution in [0.15, 0.2) is 29.2 Å². The lowest BCUT2D eigenvalue weighted by Gasteiger charge is -2.34. The Kier molecular flexibility index (Phi) is 6.48. The average molecular weight is 448 g/mol. The molecule has 2 aromatic rings. The average Bonchev–Trinajstić information content (AvgIpc) is 2.72. The van der Waals surface area contributed by atoms with Gasteiger partial charge in [0.2, 0.25) is 16.0 Å². The number of aromatic nitrogens is 2. The third-order valence-corrected chi connectivity index (χ3v) is 7.38. The summed E-state index contributed by atoms with van der Waals surface area (Å²) < 4.78 is 33.9. The third kappa shape index (κ3) is 4.93. The number of piperazine rings is 1. The first kappa shape index (κ1) is 23.3. The minimum atomic E-state index is -3.69. The van der Waals surface area contributed by atoms with Crippen LogP contribution in [0.3, 0.4) is 0 Å². The highest BCUT2D eigenvalue weighted by atomic mass is 32.2. The predicted octanol–water partition coefficient (Wildman–Crippen LogP) is 2.67. The molecule has 0 atom stereocenters. The summed E-state index contributed by atoms with van der Waals surface area (Å²) >= 11 is 0. The van der Waals surface area contributed by atoms with E-state index in [1.807, 2.05) is 43.0 Å². The number of methoxy groups -OCH3 is 1. The summed E-state index contributed by atoms with van der Waals surface area (Å²) in [5.74, 6) is 1.84. The summed E-state index contributed by atoms with van der Waals surface area (Å²) in [6.45, 7) is 9.90. The van der Waals surface area contributed by atoms with Crippen molar-refractivity contribution >= 4 is 21.8 Å². The molecule has 0 unspecified atom stereocenters. The molecular formula is C22H33N5O3S. The van der Waals surface area contributed by atoms with Gasteiger partial charge in [-0.2, -0.15) is 9.29 Å². The van der Waals surface area contributed by atoms with Crippen LogP contribution in [0.2, 0.25) is 0 Å². The highest BCUT2D eigenvalue weighted by Gasteiger charge is 2.32. The number of rotatable bonds is 5. The molecule has 8 nitrogen and oxygen atoms in total. The summed E-state index contributed by atoms with van der Waals surface area (Å²) in [5, 5.41) is 0. The number of ether oxygens (including phenoxy) is 1. The van der Waals surface area contributed by atoms with Gasteiger partial charge in [0.25, 0.3) is 0 Å². The number of hydrogen-bond donors (Lipinski definition) is 0. The zero-order valence-corrected chi connectivity index (χ0v) is 20.3. The van der Waals surface area contributed by atoms with Crippen LogP contribution in [0.4, 0.5) is 11.8 Å². The SMILES string of the molecule is COc1ccc(C(C)(C)C)cc1S(=O)(=O)N1CCN(c2nc(C)cc(N(C)C)n2)CC1. The normalized spacial score (nSPS) is 15.8. The Labute approximate surface area is 185 Å². The Bertz CT molecular complexity index is 1040. The molecule has 2 heterocycles. The largest absolute Gasteiger partial charge is 0.495 e. The van der Waals surface area contributed by atoms with Gasteiger partial charge in [-0.1, -0.05) is 26.8 Å². The Balaban J connectivity index is 1.84. The van der Waals surface area contributed by atoms with Crippen molar-refractivity contribution < 1.29 is 13.2 Å². The minimum Gasteiger partial charge on any atom is -0.495 e. The van der Waals surface area contributed by atoms with Gasteiger partial charge in [-0.15, -0.1) is 0 Å². The van der Waals surface area contributed by atoms with Gasteiger partial charge in [0.15, 0.2) is 0 Å². The fraction of sp³-hybridized carbons (Fsp3) is 0.545. The number of anilines is 2. The van der Waals surface area contributed by atoms with E-state index in [4.69, 9.17) is 4.74 Å². The summed E-state index contributed by atoms with van der Waals surface area (Å²) in [6.07, 6.45) is 0. The Morgan fingerprint density at radius 2 is 1.68 bits per heavy atom. The lowest BCUT2D eigenvalue weighted by molar-refractivity contribution is 0.372. The van der Waals surface area contributed by atoms with E-state index in [0.717, 1.165) is 17.1 Å². The second-order valence-corrected chi connectivity index (χ2v) is 11.0. The van der Waals surface area contributed by atoms with Crippen molar-refractivity contribution in [2.75, 3.05) is 57.2 Å². The van der Waals surface area contributed by atoms with Gasteiger partial charge in [-0.3, -0.25) is 0 Å². The van der Waals surface area contributed by atoms with Crippen LogP contribution in [-0.4, -0.2) is 70.1 Å². The number of hydrogen-bond acceptors (Lipinski definition) is 7. The van der Waals surface area contributed by atoms with Crippen LogP contribution < -0.4 is 14.5 Å². The third-order valence-electron chi connectivity index (χ3n) is 5.46. The second-order valence-electron chi connectivity index (χ2n) is 9.07. The standard InChI is InChI=1S/C22H33N5O3S/c1-16-14-20(25(5)6)24-21(23-16)26-10-12-27(13-11-26)31(28,29)19-15-17(22(2,3)4)8-9-18(19)30-7/h8-9,14-15H,10-13H2,1-7H3. The Hall–Kier alpha value is -2.39. The molecule has 1 saturated heterocycles. The maximum atomic E-state index is 13.5. The van der Waals surface area contributed by atoms with Gasteiger partial charge in [0.05, 0.1) is 7.11 Å². The molecule has 0 amide bonds. The highest BCUT2D eigenvalue weighted by molar-refractivity contribution is 7.89. The molecule has 1 aromatic heterocycles. The maximum absolute atomic E-state index is 13.5. The molecule has 170 valence electrons. The Morgan fingerprint density at radius 3 is 2.23 bits per heavy atom. The van der Waals surface area contributed by atoms with E-state index < -0.39 is 10.0 Å². The molecule has 0 bridgehead atoms. The molecule has 1 aliphatic heterocycles. The smallest absolute Gasteiger partial charge is 0.246 e. The summed E-state index contributed by atoms with van der Waals surface area (Å²) in [4.78, 5) is 13.4. The van der Waals surface area contributed by atoms with Crippen molar-refractivity contribution in [3.05, 3.63) is 35.5 Å².